The maximum Gasteiger partial charge on any atom is 0.381 e. The molecule has 0 spiro atoms. The van der Waals surface area contributed by atoms with E-state index in [2.05, 4.69) is 5.16 Å². The topological polar surface area (TPSA) is 53.7 Å². The van der Waals surface area contributed by atoms with Crippen molar-refractivity contribution in [3.05, 3.63) is 10.8 Å². The van der Waals surface area contributed by atoms with Gasteiger partial charge in [-0.3, -0.25) is 9.05 Å². The first-order valence-corrected chi connectivity index (χ1v) is 7.66. The summed E-state index contributed by atoms with van der Waals surface area (Å²) < 4.78 is 20.8. The summed E-state index contributed by atoms with van der Waals surface area (Å²) in [5, 5.41) is 3.92. The Morgan fingerprint density at radius 2 is 1.94 bits per heavy atom. The average molecular weight is 286 g/mol. The molecule has 0 aliphatic heterocycles. The number of aryl methyl sites for hydroxylation is 1. The van der Waals surface area contributed by atoms with Gasteiger partial charge in [0.15, 0.2) is 5.76 Å². The van der Waals surface area contributed by atoms with E-state index in [0.29, 0.717) is 19.0 Å². The van der Waals surface area contributed by atoms with Crippen LogP contribution in [-0.2, 0) is 20.9 Å². The minimum Gasteiger partial charge on any atom is -0.401 e. The largest absolute Gasteiger partial charge is 0.401 e. The molecule has 16 heavy (non-hydrogen) atoms. The van der Waals surface area contributed by atoms with Crippen molar-refractivity contribution in [1.29, 1.82) is 0 Å². The third kappa shape index (κ3) is 3.43. The molecule has 0 amide bonds. The maximum atomic E-state index is 5.89. The van der Waals surface area contributed by atoms with Gasteiger partial charge in [-0.2, -0.15) is 0 Å². The molecule has 0 fully saturated rings. The fourth-order valence-corrected chi connectivity index (χ4v) is 3.06. The second-order valence-corrected chi connectivity index (χ2v) is 6.04. The summed E-state index contributed by atoms with van der Waals surface area (Å²) in [6, 6.07) is 0. The van der Waals surface area contributed by atoms with E-state index in [1.54, 1.807) is 20.8 Å². The van der Waals surface area contributed by atoms with Gasteiger partial charge in [0.1, 0.15) is 5.02 Å². The minimum atomic E-state index is -2.83. The van der Waals surface area contributed by atoms with Gasteiger partial charge < -0.3 is 9.05 Å². The smallest absolute Gasteiger partial charge is 0.381 e. The third-order valence-corrected chi connectivity index (χ3v) is 4.36. The standard InChI is InChI=1S/C8H13ClNO4PS/c1-4-11-15(16,12-5-2)14-8-7(9)6(3)13-10-8/h4-5H2,1-3H3. The maximum absolute atomic E-state index is 5.89. The Kier molecular flexibility index (Phi) is 5.21. The SMILES string of the molecule is CCOP(=S)(OCC)Oc1noc(C)c1Cl. The van der Waals surface area contributed by atoms with Crippen molar-refractivity contribution < 1.29 is 18.1 Å². The highest BCUT2D eigenvalue weighted by atomic mass is 35.5. The molecule has 0 aliphatic carbocycles. The van der Waals surface area contributed by atoms with Gasteiger partial charge in [-0.05, 0) is 25.9 Å². The van der Waals surface area contributed by atoms with Crippen LogP contribution in [0.25, 0.3) is 0 Å². The quantitative estimate of drug-likeness (QED) is 0.748. The van der Waals surface area contributed by atoms with Crippen molar-refractivity contribution in [1.82, 2.24) is 5.16 Å². The van der Waals surface area contributed by atoms with E-state index in [0.717, 1.165) is 0 Å². The van der Waals surface area contributed by atoms with Crippen molar-refractivity contribution >= 4 is 30.1 Å². The fourth-order valence-electron chi connectivity index (χ4n) is 0.909. The molecule has 0 bridgehead atoms. The number of hydrogen-bond acceptors (Lipinski definition) is 6. The molecule has 0 aromatic carbocycles. The zero-order valence-electron chi connectivity index (χ0n) is 9.23. The average Bonchev–Trinajstić information content (AvgIpc) is 2.50. The van der Waals surface area contributed by atoms with E-state index < -0.39 is 6.72 Å². The van der Waals surface area contributed by atoms with Crippen LogP contribution in [0.15, 0.2) is 4.52 Å². The molecule has 0 radical (unpaired) electrons. The van der Waals surface area contributed by atoms with E-state index in [1.807, 2.05) is 0 Å². The van der Waals surface area contributed by atoms with E-state index >= 15 is 0 Å². The lowest BCUT2D eigenvalue weighted by molar-refractivity contribution is 0.213. The van der Waals surface area contributed by atoms with Crippen molar-refractivity contribution in [2.75, 3.05) is 13.2 Å². The van der Waals surface area contributed by atoms with E-state index in [1.165, 1.54) is 0 Å². The molecule has 1 aromatic rings. The van der Waals surface area contributed by atoms with Crippen LogP contribution < -0.4 is 4.52 Å². The van der Waals surface area contributed by atoms with Gasteiger partial charge in [0.05, 0.1) is 13.2 Å². The third-order valence-electron chi connectivity index (χ3n) is 1.54. The second kappa shape index (κ2) is 5.98. The second-order valence-electron chi connectivity index (χ2n) is 2.73. The molecular weight excluding hydrogens is 273 g/mol. The normalized spacial score (nSPS) is 11.8. The Bertz CT molecular complexity index is 387. The molecule has 8 heteroatoms. The van der Waals surface area contributed by atoms with Crippen molar-refractivity contribution in [3.8, 4) is 5.88 Å². The summed E-state index contributed by atoms with van der Waals surface area (Å²) in [6.45, 7) is 3.24. The van der Waals surface area contributed by atoms with E-state index in [-0.39, 0.29) is 10.9 Å². The number of aromatic nitrogens is 1. The molecule has 5 nitrogen and oxygen atoms in total. The monoisotopic (exact) mass is 285 g/mol. The van der Waals surface area contributed by atoms with Crippen LogP contribution in [-0.4, -0.2) is 18.4 Å². The highest BCUT2D eigenvalue weighted by Gasteiger charge is 2.25. The Balaban J connectivity index is 2.83. The van der Waals surface area contributed by atoms with Crippen LogP contribution in [0.1, 0.15) is 19.6 Å². The first kappa shape index (κ1) is 13.9. The van der Waals surface area contributed by atoms with Crippen LogP contribution in [0.4, 0.5) is 0 Å². The fraction of sp³-hybridized carbons (Fsp3) is 0.625. The van der Waals surface area contributed by atoms with Crippen molar-refractivity contribution in [2.24, 2.45) is 0 Å². The molecule has 0 saturated heterocycles. The van der Waals surface area contributed by atoms with Crippen molar-refractivity contribution in [2.45, 2.75) is 20.8 Å². The summed E-state index contributed by atoms with van der Waals surface area (Å²) in [5.41, 5.74) is 0. The van der Waals surface area contributed by atoms with Crippen LogP contribution in [0.5, 0.6) is 5.88 Å². The number of hydrogen-bond donors (Lipinski definition) is 0. The molecule has 1 heterocycles. The Labute approximate surface area is 104 Å². The van der Waals surface area contributed by atoms with Gasteiger partial charge in [-0.15, -0.1) is 0 Å². The number of halogens is 1. The van der Waals surface area contributed by atoms with E-state index in [4.69, 9.17) is 41.5 Å². The Morgan fingerprint density at radius 3 is 2.31 bits per heavy atom. The van der Waals surface area contributed by atoms with Gasteiger partial charge in [0.25, 0.3) is 5.88 Å². The predicted octanol–water partition coefficient (Wildman–Crippen LogP) is 3.31. The first-order chi connectivity index (χ1) is 7.52. The molecule has 0 atom stereocenters. The van der Waals surface area contributed by atoms with Crippen molar-refractivity contribution in [3.63, 3.8) is 0 Å². The summed E-state index contributed by atoms with van der Waals surface area (Å²) in [5.74, 6) is 0.579. The molecule has 0 saturated carbocycles. The zero-order valence-corrected chi connectivity index (χ0v) is 11.7. The molecule has 0 unspecified atom stereocenters. The molecular formula is C8H13ClNO4PS. The summed E-state index contributed by atoms with van der Waals surface area (Å²) in [6.07, 6.45) is 0. The lowest BCUT2D eigenvalue weighted by atomic mass is 10.5. The molecule has 92 valence electrons. The molecule has 1 aromatic heterocycles. The van der Waals surface area contributed by atoms with Gasteiger partial charge in [0, 0.05) is 11.8 Å². The van der Waals surface area contributed by atoms with Crippen LogP contribution >= 0.6 is 18.3 Å². The first-order valence-electron chi connectivity index (χ1n) is 4.73. The number of rotatable bonds is 6. The van der Waals surface area contributed by atoms with Gasteiger partial charge in [-0.1, -0.05) is 11.6 Å². The molecule has 1 rings (SSSR count). The van der Waals surface area contributed by atoms with Crippen LogP contribution in [0, 0.1) is 6.92 Å². The zero-order chi connectivity index (χ0) is 12.2. The van der Waals surface area contributed by atoms with Gasteiger partial charge in [-0.25, -0.2) is 0 Å². The van der Waals surface area contributed by atoms with Gasteiger partial charge in [0.2, 0.25) is 0 Å². The Hall–Kier alpha value is -0.130. The minimum absolute atomic E-state index is 0.115. The Morgan fingerprint density at radius 1 is 1.38 bits per heavy atom. The lowest BCUT2D eigenvalue weighted by Crippen LogP contribution is -2.02. The van der Waals surface area contributed by atoms with E-state index in [9.17, 15) is 0 Å². The highest BCUT2D eigenvalue weighted by molar-refractivity contribution is 8.07. The van der Waals surface area contributed by atoms with Crippen LogP contribution in [0.3, 0.4) is 0 Å². The van der Waals surface area contributed by atoms with Crippen LogP contribution in [0.2, 0.25) is 5.02 Å². The highest BCUT2D eigenvalue weighted by Crippen LogP contribution is 2.50. The summed E-state index contributed by atoms with van der Waals surface area (Å²) in [4.78, 5) is 0. The predicted molar refractivity (Wildman–Crippen MR) is 64.4 cm³/mol. The van der Waals surface area contributed by atoms with Gasteiger partial charge >= 0.3 is 6.72 Å². The summed E-state index contributed by atoms with van der Waals surface area (Å²) >= 11 is 11.0. The molecule has 0 N–H and O–H groups in total. The summed E-state index contributed by atoms with van der Waals surface area (Å²) in [7, 11) is 0. The number of nitrogens with zero attached hydrogens (tertiary/aromatic N) is 1. The lowest BCUT2D eigenvalue weighted by Gasteiger charge is -2.19. The molecule has 0 aliphatic rings.